The monoisotopic (exact) mass is 264 g/mol. The molecule has 0 unspecified atom stereocenters. The molecule has 88 valence electrons. The van der Waals surface area contributed by atoms with Crippen LogP contribution in [-0.2, 0) is 0 Å². The van der Waals surface area contributed by atoms with E-state index >= 15 is 0 Å². The minimum Gasteiger partial charge on any atom is -0.318 e. The first kappa shape index (κ1) is 11.1. The van der Waals surface area contributed by atoms with Crippen molar-refractivity contribution in [2.75, 3.05) is 0 Å². The molecule has 1 aliphatic carbocycles. The van der Waals surface area contributed by atoms with Crippen LogP contribution in [0.25, 0.3) is 0 Å². The lowest BCUT2D eigenvalue weighted by molar-refractivity contribution is 0.693. The maximum Gasteiger partial charge on any atom is 0.190 e. The van der Waals surface area contributed by atoms with E-state index in [1.54, 1.807) is 11.3 Å². The maximum atomic E-state index is 5.87. The van der Waals surface area contributed by atoms with Gasteiger partial charge >= 0.3 is 0 Å². The Bertz CT molecular complexity index is 591. The number of hydrogen-bond donors (Lipinski definition) is 0. The average molecular weight is 265 g/mol. The van der Waals surface area contributed by atoms with Gasteiger partial charge in [-0.1, -0.05) is 11.6 Å². The smallest absolute Gasteiger partial charge is 0.190 e. The summed E-state index contributed by atoms with van der Waals surface area (Å²) >= 11 is 7.57. The van der Waals surface area contributed by atoms with Crippen LogP contribution in [0.3, 0.4) is 0 Å². The highest BCUT2D eigenvalue weighted by Crippen LogP contribution is 2.35. The van der Waals surface area contributed by atoms with Gasteiger partial charge in [0.25, 0.3) is 0 Å². The first-order chi connectivity index (χ1) is 8.24. The van der Waals surface area contributed by atoms with E-state index < -0.39 is 0 Å². The lowest BCUT2D eigenvalue weighted by atomic mass is 10.3. The molecule has 1 aliphatic rings. The van der Waals surface area contributed by atoms with Crippen LogP contribution in [0, 0.1) is 6.92 Å². The zero-order chi connectivity index (χ0) is 11.8. The van der Waals surface area contributed by atoms with E-state index in [2.05, 4.69) is 21.9 Å². The second-order valence-corrected chi connectivity index (χ2v) is 5.62. The molecule has 0 radical (unpaired) electrons. The molecule has 2 nitrogen and oxygen atoms in total. The normalized spacial score (nSPS) is 16.5. The molecule has 0 saturated heterocycles. The molecule has 0 amide bonds. The maximum absolute atomic E-state index is 5.87. The van der Waals surface area contributed by atoms with E-state index in [1.165, 1.54) is 18.5 Å². The predicted octanol–water partition coefficient (Wildman–Crippen LogP) is 4.08. The molecule has 3 rings (SSSR count). The van der Waals surface area contributed by atoms with Crippen LogP contribution in [0.15, 0.2) is 34.6 Å². The molecule has 0 spiro atoms. The molecule has 1 aromatic heterocycles. The highest BCUT2D eigenvalue weighted by Gasteiger charge is 2.25. The van der Waals surface area contributed by atoms with Gasteiger partial charge in [0.1, 0.15) is 0 Å². The molecule has 17 heavy (non-hydrogen) atoms. The van der Waals surface area contributed by atoms with Crippen molar-refractivity contribution in [3.05, 3.63) is 45.2 Å². The summed E-state index contributed by atoms with van der Waals surface area (Å²) in [6.07, 6.45) is 2.57. The molecule has 0 bridgehead atoms. The third-order valence-corrected chi connectivity index (χ3v) is 4.09. The van der Waals surface area contributed by atoms with Gasteiger partial charge in [0, 0.05) is 22.1 Å². The van der Waals surface area contributed by atoms with E-state index in [9.17, 15) is 0 Å². The standard InChI is InChI=1S/C13H13ClN2S/c1-9-8-17-13(16(9)12-6-7-12)15-11-4-2-10(14)3-5-11/h2-5,8,12H,6-7H2,1H3. The van der Waals surface area contributed by atoms with Crippen LogP contribution < -0.4 is 4.80 Å². The molecular formula is C13H13ClN2S. The van der Waals surface area contributed by atoms with Crippen LogP contribution in [0.4, 0.5) is 5.69 Å². The van der Waals surface area contributed by atoms with E-state index in [4.69, 9.17) is 11.6 Å². The van der Waals surface area contributed by atoms with Gasteiger partial charge in [0.2, 0.25) is 0 Å². The van der Waals surface area contributed by atoms with E-state index in [0.717, 1.165) is 15.5 Å². The van der Waals surface area contributed by atoms with Crippen LogP contribution in [-0.4, -0.2) is 4.57 Å². The minimum atomic E-state index is 0.673. The Morgan fingerprint density at radius 1 is 1.29 bits per heavy atom. The molecule has 1 aromatic carbocycles. The molecule has 0 atom stereocenters. The van der Waals surface area contributed by atoms with Crippen LogP contribution in [0.2, 0.25) is 5.02 Å². The van der Waals surface area contributed by atoms with Gasteiger partial charge < -0.3 is 4.57 Å². The quantitative estimate of drug-likeness (QED) is 0.778. The van der Waals surface area contributed by atoms with Crippen molar-refractivity contribution in [3.8, 4) is 0 Å². The topological polar surface area (TPSA) is 17.3 Å². The average Bonchev–Trinajstić information content (AvgIpc) is 3.08. The Labute approximate surface area is 109 Å². The Hall–Kier alpha value is -1.06. The Morgan fingerprint density at radius 2 is 2.00 bits per heavy atom. The largest absolute Gasteiger partial charge is 0.318 e. The van der Waals surface area contributed by atoms with Crippen molar-refractivity contribution in [2.24, 2.45) is 4.99 Å². The number of rotatable bonds is 2. The van der Waals surface area contributed by atoms with Crippen LogP contribution in [0.1, 0.15) is 24.6 Å². The number of benzene rings is 1. The zero-order valence-corrected chi connectivity index (χ0v) is 11.1. The van der Waals surface area contributed by atoms with Gasteiger partial charge in [-0.05, 0) is 44.0 Å². The Balaban J connectivity index is 2.06. The zero-order valence-electron chi connectivity index (χ0n) is 9.56. The summed E-state index contributed by atoms with van der Waals surface area (Å²) < 4.78 is 2.35. The Morgan fingerprint density at radius 3 is 2.65 bits per heavy atom. The second kappa shape index (κ2) is 4.31. The molecule has 4 heteroatoms. The van der Waals surface area contributed by atoms with Crippen molar-refractivity contribution in [2.45, 2.75) is 25.8 Å². The molecule has 0 N–H and O–H groups in total. The van der Waals surface area contributed by atoms with Crippen LogP contribution in [0.5, 0.6) is 0 Å². The number of halogens is 1. The highest BCUT2D eigenvalue weighted by atomic mass is 35.5. The summed E-state index contributed by atoms with van der Waals surface area (Å²) in [6, 6.07) is 8.33. The summed E-state index contributed by atoms with van der Waals surface area (Å²) in [5, 5.41) is 2.92. The van der Waals surface area contributed by atoms with E-state index in [-0.39, 0.29) is 0 Å². The predicted molar refractivity (Wildman–Crippen MR) is 72.0 cm³/mol. The number of aryl methyl sites for hydroxylation is 1. The van der Waals surface area contributed by atoms with Gasteiger partial charge in [-0.3, -0.25) is 0 Å². The number of nitrogens with zero attached hydrogens (tertiary/aromatic N) is 2. The first-order valence-electron chi connectivity index (χ1n) is 5.71. The summed E-state index contributed by atoms with van der Waals surface area (Å²) in [6.45, 7) is 2.15. The number of thiazole rings is 1. The van der Waals surface area contributed by atoms with Gasteiger partial charge in [-0.25, -0.2) is 4.99 Å². The van der Waals surface area contributed by atoms with Gasteiger partial charge in [-0.2, -0.15) is 0 Å². The highest BCUT2D eigenvalue weighted by molar-refractivity contribution is 7.07. The van der Waals surface area contributed by atoms with Gasteiger partial charge in [0.15, 0.2) is 4.80 Å². The molecule has 1 heterocycles. The fourth-order valence-corrected chi connectivity index (χ4v) is 2.97. The Kier molecular flexibility index (Phi) is 2.81. The SMILES string of the molecule is Cc1csc(=Nc2ccc(Cl)cc2)n1C1CC1. The summed E-state index contributed by atoms with van der Waals surface area (Å²) in [5.41, 5.74) is 2.27. The van der Waals surface area contributed by atoms with Gasteiger partial charge in [0.05, 0.1) is 5.69 Å². The third-order valence-electron chi connectivity index (χ3n) is 2.88. The van der Waals surface area contributed by atoms with E-state index in [0.29, 0.717) is 6.04 Å². The molecular weight excluding hydrogens is 252 g/mol. The second-order valence-electron chi connectivity index (χ2n) is 4.35. The number of aromatic nitrogens is 1. The van der Waals surface area contributed by atoms with Crippen molar-refractivity contribution in [1.82, 2.24) is 4.57 Å². The summed E-state index contributed by atoms with van der Waals surface area (Å²) in [4.78, 5) is 5.78. The van der Waals surface area contributed by atoms with Crippen molar-refractivity contribution in [1.29, 1.82) is 0 Å². The van der Waals surface area contributed by atoms with Crippen LogP contribution >= 0.6 is 22.9 Å². The summed E-state index contributed by atoms with van der Waals surface area (Å²) in [7, 11) is 0. The lowest BCUT2D eigenvalue weighted by Gasteiger charge is -2.02. The molecule has 1 saturated carbocycles. The van der Waals surface area contributed by atoms with Crippen molar-refractivity contribution in [3.63, 3.8) is 0 Å². The van der Waals surface area contributed by atoms with Gasteiger partial charge in [-0.15, -0.1) is 11.3 Å². The van der Waals surface area contributed by atoms with Crippen molar-refractivity contribution < 1.29 is 0 Å². The van der Waals surface area contributed by atoms with E-state index in [1.807, 2.05) is 24.3 Å². The fraction of sp³-hybridized carbons (Fsp3) is 0.308. The molecule has 1 fully saturated rings. The fourth-order valence-electron chi connectivity index (χ4n) is 1.89. The third kappa shape index (κ3) is 2.31. The first-order valence-corrected chi connectivity index (χ1v) is 6.97. The molecule has 0 aliphatic heterocycles. The van der Waals surface area contributed by atoms with Crippen molar-refractivity contribution >= 4 is 28.6 Å². The number of hydrogen-bond acceptors (Lipinski definition) is 2. The summed E-state index contributed by atoms with van der Waals surface area (Å²) in [5.74, 6) is 0. The minimum absolute atomic E-state index is 0.673. The molecule has 2 aromatic rings. The lowest BCUT2D eigenvalue weighted by Crippen LogP contribution is -2.14.